The lowest BCUT2D eigenvalue weighted by Gasteiger charge is -2.00. The molecule has 1 aliphatic rings. The fourth-order valence-corrected chi connectivity index (χ4v) is 2.10. The number of hydrogen-bond donors (Lipinski definition) is 2. The molecule has 0 aliphatic carbocycles. The first-order chi connectivity index (χ1) is 10.4. The SMILES string of the molecule is CCCC(=O)C1=C(O)/C(=C/c2cccc([N+](=O)[O-])c2)NC1=O. The highest BCUT2D eigenvalue weighted by Gasteiger charge is 2.31. The number of benzene rings is 1. The Morgan fingerprint density at radius 3 is 2.82 bits per heavy atom. The molecule has 0 radical (unpaired) electrons. The summed E-state index contributed by atoms with van der Waals surface area (Å²) in [7, 11) is 0. The molecule has 114 valence electrons. The Bertz CT molecular complexity index is 718. The van der Waals surface area contributed by atoms with Crippen molar-refractivity contribution in [3.05, 3.63) is 57.0 Å². The van der Waals surface area contributed by atoms with Crippen LogP contribution in [0.1, 0.15) is 25.3 Å². The Morgan fingerprint density at radius 2 is 2.18 bits per heavy atom. The average molecular weight is 302 g/mol. The van der Waals surface area contributed by atoms with Crippen LogP contribution in [-0.4, -0.2) is 21.7 Å². The maximum absolute atomic E-state index is 11.8. The van der Waals surface area contributed by atoms with Gasteiger partial charge in [-0.25, -0.2) is 0 Å². The summed E-state index contributed by atoms with van der Waals surface area (Å²) in [6.45, 7) is 1.79. The molecule has 0 spiro atoms. The second-order valence-corrected chi connectivity index (χ2v) is 4.76. The van der Waals surface area contributed by atoms with Gasteiger partial charge in [-0.2, -0.15) is 0 Å². The number of aliphatic hydroxyl groups excluding tert-OH is 1. The van der Waals surface area contributed by atoms with Crippen molar-refractivity contribution in [3.8, 4) is 0 Å². The van der Waals surface area contributed by atoms with Crippen LogP contribution in [0.15, 0.2) is 41.3 Å². The van der Waals surface area contributed by atoms with E-state index in [2.05, 4.69) is 5.32 Å². The Labute approximate surface area is 126 Å². The number of rotatable bonds is 5. The molecule has 1 heterocycles. The van der Waals surface area contributed by atoms with Gasteiger partial charge in [0.25, 0.3) is 11.6 Å². The third kappa shape index (κ3) is 3.03. The normalized spacial score (nSPS) is 16.0. The molecule has 2 rings (SSSR count). The van der Waals surface area contributed by atoms with Crippen molar-refractivity contribution in [2.45, 2.75) is 19.8 Å². The zero-order valence-corrected chi connectivity index (χ0v) is 11.8. The van der Waals surface area contributed by atoms with Crippen LogP contribution in [0.3, 0.4) is 0 Å². The zero-order valence-electron chi connectivity index (χ0n) is 11.8. The van der Waals surface area contributed by atoms with Crippen molar-refractivity contribution >= 4 is 23.5 Å². The average Bonchev–Trinajstić information content (AvgIpc) is 2.74. The predicted octanol–water partition coefficient (Wildman–Crippen LogP) is 2.25. The van der Waals surface area contributed by atoms with E-state index in [1.807, 2.05) is 0 Å². The van der Waals surface area contributed by atoms with Crippen LogP contribution in [0, 0.1) is 10.1 Å². The minimum absolute atomic E-state index is 0.0601. The number of carbonyl (C=O) groups is 2. The van der Waals surface area contributed by atoms with E-state index in [4.69, 9.17) is 0 Å². The summed E-state index contributed by atoms with van der Waals surface area (Å²) in [5, 5.41) is 23.2. The largest absolute Gasteiger partial charge is 0.505 e. The Balaban J connectivity index is 2.37. The van der Waals surface area contributed by atoms with Gasteiger partial charge < -0.3 is 10.4 Å². The second-order valence-electron chi connectivity index (χ2n) is 4.76. The standard InChI is InChI=1S/C15H14N2O5/c1-2-4-12(18)13-14(19)11(16-15(13)20)8-9-5-3-6-10(7-9)17(21)22/h3,5-8,19H,2,4H2,1H3,(H,16,20)/b11-8-. The van der Waals surface area contributed by atoms with Crippen LogP contribution >= 0.6 is 0 Å². The van der Waals surface area contributed by atoms with Crippen LogP contribution in [0.25, 0.3) is 6.08 Å². The summed E-state index contributed by atoms with van der Waals surface area (Å²) in [6.07, 6.45) is 2.11. The number of ketones is 1. The number of amides is 1. The molecular weight excluding hydrogens is 288 g/mol. The van der Waals surface area contributed by atoms with Gasteiger partial charge in [0.2, 0.25) is 0 Å². The highest BCUT2D eigenvalue weighted by molar-refractivity contribution is 6.22. The lowest BCUT2D eigenvalue weighted by molar-refractivity contribution is -0.384. The van der Waals surface area contributed by atoms with E-state index in [-0.39, 0.29) is 23.4 Å². The van der Waals surface area contributed by atoms with Crippen molar-refractivity contribution < 1.29 is 19.6 Å². The zero-order chi connectivity index (χ0) is 16.3. The van der Waals surface area contributed by atoms with Crippen molar-refractivity contribution in [1.82, 2.24) is 5.32 Å². The van der Waals surface area contributed by atoms with E-state index in [0.717, 1.165) is 0 Å². The van der Waals surface area contributed by atoms with Crippen LogP contribution in [0.5, 0.6) is 0 Å². The Hall–Kier alpha value is -2.96. The van der Waals surface area contributed by atoms with E-state index in [1.54, 1.807) is 13.0 Å². The lowest BCUT2D eigenvalue weighted by atomic mass is 10.1. The first-order valence-electron chi connectivity index (χ1n) is 6.68. The number of nitrogens with one attached hydrogen (secondary N) is 1. The maximum Gasteiger partial charge on any atom is 0.270 e. The highest BCUT2D eigenvalue weighted by Crippen LogP contribution is 2.23. The molecule has 0 unspecified atom stereocenters. The maximum atomic E-state index is 11.8. The number of Topliss-reactive ketones (excluding diaryl/α,β-unsaturated/α-hetero) is 1. The predicted molar refractivity (Wildman–Crippen MR) is 78.8 cm³/mol. The quantitative estimate of drug-likeness (QED) is 0.492. The van der Waals surface area contributed by atoms with Gasteiger partial charge in [0.05, 0.1) is 10.6 Å². The molecule has 1 aromatic carbocycles. The smallest absolute Gasteiger partial charge is 0.270 e. The van der Waals surface area contributed by atoms with Crippen LogP contribution < -0.4 is 5.32 Å². The lowest BCUT2D eigenvalue weighted by Crippen LogP contribution is -2.20. The molecule has 0 fully saturated rings. The molecule has 0 atom stereocenters. The number of carbonyl (C=O) groups excluding carboxylic acids is 2. The monoisotopic (exact) mass is 302 g/mol. The van der Waals surface area contributed by atoms with Crippen molar-refractivity contribution in [2.75, 3.05) is 0 Å². The number of nitro groups is 1. The van der Waals surface area contributed by atoms with Gasteiger partial charge in [0.1, 0.15) is 5.57 Å². The summed E-state index contributed by atoms with van der Waals surface area (Å²) in [6, 6.07) is 5.72. The molecule has 7 heteroatoms. The van der Waals surface area contributed by atoms with Gasteiger partial charge in [0.15, 0.2) is 11.5 Å². The van der Waals surface area contributed by atoms with Crippen LogP contribution in [0.2, 0.25) is 0 Å². The highest BCUT2D eigenvalue weighted by atomic mass is 16.6. The van der Waals surface area contributed by atoms with E-state index >= 15 is 0 Å². The summed E-state index contributed by atoms with van der Waals surface area (Å²) in [5.41, 5.74) is 0.119. The molecule has 0 saturated heterocycles. The fourth-order valence-electron chi connectivity index (χ4n) is 2.10. The molecule has 1 amide bonds. The molecule has 1 aliphatic heterocycles. The van der Waals surface area contributed by atoms with Gasteiger partial charge in [-0.15, -0.1) is 0 Å². The minimum atomic E-state index is -0.660. The minimum Gasteiger partial charge on any atom is -0.505 e. The van der Waals surface area contributed by atoms with Crippen LogP contribution in [-0.2, 0) is 9.59 Å². The molecule has 0 saturated carbocycles. The van der Waals surface area contributed by atoms with Crippen molar-refractivity contribution in [1.29, 1.82) is 0 Å². The Kier molecular flexibility index (Phi) is 4.36. The molecular formula is C15H14N2O5. The molecule has 2 N–H and O–H groups in total. The van der Waals surface area contributed by atoms with E-state index in [9.17, 15) is 24.8 Å². The van der Waals surface area contributed by atoms with E-state index < -0.39 is 22.4 Å². The van der Waals surface area contributed by atoms with E-state index in [1.165, 1.54) is 24.3 Å². The van der Waals surface area contributed by atoms with Gasteiger partial charge in [0, 0.05) is 18.6 Å². The molecule has 0 bridgehead atoms. The number of nitro benzene ring substituents is 1. The molecule has 0 aromatic heterocycles. The number of nitrogens with zero attached hydrogens (tertiary/aromatic N) is 1. The van der Waals surface area contributed by atoms with Crippen molar-refractivity contribution in [2.24, 2.45) is 0 Å². The fraction of sp³-hybridized carbons (Fsp3) is 0.200. The molecule has 22 heavy (non-hydrogen) atoms. The third-order valence-corrected chi connectivity index (χ3v) is 3.12. The summed E-state index contributed by atoms with van der Waals surface area (Å²) in [5.74, 6) is -1.51. The van der Waals surface area contributed by atoms with Gasteiger partial charge >= 0.3 is 0 Å². The van der Waals surface area contributed by atoms with Crippen molar-refractivity contribution in [3.63, 3.8) is 0 Å². The Morgan fingerprint density at radius 1 is 1.45 bits per heavy atom. The van der Waals surface area contributed by atoms with Gasteiger partial charge in [-0.05, 0) is 18.1 Å². The molecule has 7 nitrogen and oxygen atoms in total. The molecule has 1 aromatic rings. The number of non-ortho nitro benzene ring substituents is 1. The topological polar surface area (TPSA) is 110 Å². The van der Waals surface area contributed by atoms with Crippen LogP contribution in [0.4, 0.5) is 5.69 Å². The number of aliphatic hydroxyl groups is 1. The van der Waals surface area contributed by atoms with Gasteiger partial charge in [-0.1, -0.05) is 19.1 Å². The van der Waals surface area contributed by atoms with E-state index in [0.29, 0.717) is 12.0 Å². The third-order valence-electron chi connectivity index (χ3n) is 3.12. The summed E-state index contributed by atoms with van der Waals surface area (Å²) in [4.78, 5) is 33.8. The van der Waals surface area contributed by atoms with Gasteiger partial charge in [-0.3, -0.25) is 19.7 Å². The summed E-state index contributed by atoms with van der Waals surface area (Å²) >= 11 is 0. The number of hydrogen-bond acceptors (Lipinski definition) is 5. The summed E-state index contributed by atoms with van der Waals surface area (Å²) < 4.78 is 0. The second kappa shape index (κ2) is 6.21. The first kappa shape index (κ1) is 15.4. The first-order valence-corrected chi connectivity index (χ1v) is 6.68.